The van der Waals surface area contributed by atoms with E-state index >= 15 is 0 Å². The highest BCUT2D eigenvalue weighted by molar-refractivity contribution is 7.12. The second-order valence-electron chi connectivity index (χ2n) is 5.88. The Bertz CT molecular complexity index is 368. The molecule has 1 atom stereocenters. The average Bonchev–Trinajstić information content (AvgIpc) is 2.58. The molecule has 2 aliphatic rings. The molecule has 1 saturated carbocycles. The summed E-state index contributed by atoms with van der Waals surface area (Å²) < 4.78 is 0. The van der Waals surface area contributed by atoms with Crippen molar-refractivity contribution in [3.63, 3.8) is 0 Å². The van der Waals surface area contributed by atoms with E-state index in [-0.39, 0.29) is 0 Å². The van der Waals surface area contributed by atoms with Gasteiger partial charge in [-0.2, -0.15) is 0 Å². The number of nitrogens with one attached hydrogen (secondary N) is 1. The van der Waals surface area contributed by atoms with Crippen molar-refractivity contribution in [2.75, 3.05) is 6.54 Å². The lowest BCUT2D eigenvalue weighted by atomic mass is 9.79. The van der Waals surface area contributed by atoms with Crippen molar-refractivity contribution in [2.24, 2.45) is 5.92 Å². The highest BCUT2D eigenvalue weighted by Crippen LogP contribution is 2.41. The summed E-state index contributed by atoms with van der Waals surface area (Å²) >= 11 is 2.11. The van der Waals surface area contributed by atoms with Crippen molar-refractivity contribution in [1.82, 2.24) is 5.32 Å². The van der Waals surface area contributed by atoms with Gasteiger partial charge < -0.3 is 5.32 Å². The van der Waals surface area contributed by atoms with E-state index in [1.54, 1.807) is 15.3 Å². The van der Waals surface area contributed by atoms with Crippen molar-refractivity contribution >= 4 is 11.3 Å². The van der Waals surface area contributed by atoms with E-state index < -0.39 is 0 Å². The number of hydrogen-bond donors (Lipinski definition) is 1. The lowest BCUT2D eigenvalue weighted by Crippen LogP contribution is -2.31. The van der Waals surface area contributed by atoms with Gasteiger partial charge in [-0.25, -0.2) is 0 Å². The molecular weight excluding hydrogens is 238 g/mol. The van der Waals surface area contributed by atoms with Crippen LogP contribution in [0.25, 0.3) is 0 Å². The highest BCUT2D eigenvalue weighted by atomic mass is 32.1. The molecule has 100 valence electrons. The monoisotopic (exact) mass is 263 g/mol. The summed E-state index contributed by atoms with van der Waals surface area (Å²) in [7, 11) is 0. The van der Waals surface area contributed by atoms with Crippen molar-refractivity contribution in [1.29, 1.82) is 0 Å². The summed E-state index contributed by atoms with van der Waals surface area (Å²) in [5.41, 5.74) is 1.68. The lowest BCUT2D eigenvalue weighted by molar-refractivity contribution is 0.236. The quantitative estimate of drug-likeness (QED) is 0.790. The molecule has 2 heteroatoms. The van der Waals surface area contributed by atoms with Crippen LogP contribution >= 0.6 is 11.3 Å². The zero-order chi connectivity index (χ0) is 12.4. The van der Waals surface area contributed by atoms with Gasteiger partial charge in [0.15, 0.2) is 0 Å². The first-order valence-corrected chi connectivity index (χ1v) is 8.55. The van der Waals surface area contributed by atoms with Crippen LogP contribution in [-0.4, -0.2) is 6.54 Å². The Balaban J connectivity index is 1.80. The third-order valence-electron chi connectivity index (χ3n) is 4.62. The standard InChI is InChI=1S/C16H25NS/c1-2-17-16(12-8-6-9-12)15-11-13-7-4-3-5-10-14(13)18-15/h11-12,16-17H,2-10H2,1H3. The number of aryl methyl sites for hydroxylation is 2. The van der Waals surface area contributed by atoms with Crippen LogP contribution in [0.5, 0.6) is 0 Å². The maximum absolute atomic E-state index is 3.74. The van der Waals surface area contributed by atoms with Crippen LogP contribution < -0.4 is 5.32 Å². The molecule has 0 spiro atoms. The van der Waals surface area contributed by atoms with Gasteiger partial charge in [0.2, 0.25) is 0 Å². The van der Waals surface area contributed by atoms with Crippen LogP contribution in [-0.2, 0) is 12.8 Å². The molecule has 1 fully saturated rings. The molecular formula is C16H25NS. The van der Waals surface area contributed by atoms with Crippen LogP contribution in [0, 0.1) is 5.92 Å². The second kappa shape index (κ2) is 5.75. The van der Waals surface area contributed by atoms with E-state index in [0.29, 0.717) is 6.04 Å². The largest absolute Gasteiger partial charge is 0.309 e. The van der Waals surface area contributed by atoms with Crippen molar-refractivity contribution in [2.45, 2.75) is 64.3 Å². The Kier molecular flexibility index (Phi) is 4.05. The molecule has 18 heavy (non-hydrogen) atoms. The Morgan fingerprint density at radius 1 is 1.22 bits per heavy atom. The third kappa shape index (κ3) is 2.50. The highest BCUT2D eigenvalue weighted by Gasteiger charge is 2.29. The van der Waals surface area contributed by atoms with Crippen LogP contribution in [0.15, 0.2) is 6.07 Å². The fourth-order valence-corrected chi connectivity index (χ4v) is 4.76. The Hall–Kier alpha value is -0.340. The minimum absolute atomic E-state index is 0.653. The van der Waals surface area contributed by atoms with Gasteiger partial charge in [0.25, 0.3) is 0 Å². The van der Waals surface area contributed by atoms with E-state index in [1.165, 1.54) is 51.4 Å². The van der Waals surface area contributed by atoms with E-state index in [4.69, 9.17) is 0 Å². The molecule has 0 aliphatic heterocycles. The second-order valence-corrected chi connectivity index (χ2v) is 7.05. The van der Waals surface area contributed by atoms with Crippen LogP contribution in [0.4, 0.5) is 0 Å². The van der Waals surface area contributed by atoms with E-state index in [1.807, 2.05) is 0 Å². The molecule has 0 amide bonds. The van der Waals surface area contributed by atoms with Gasteiger partial charge in [-0.3, -0.25) is 0 Å². The fraction of sp³-hybridized carbons (Fsp3) is 0.750. The van der Waals surface area contributed by atoms with Crippen LogP contribution in [0.3, 0.4) is 0 Å². The van der Waals surface area contributed by atoms with Gasteiger partial charge in [-0.05, 0) is 62.6 Å². The summed E-state index contributed by atoms with van der Waals surface area (Å²) in [6.07, 6.45) is 11.2. The normalized spacial score (nSPS) is 22.1. The van der Waals surface area contributed by atoms with Gasteiger partial charge >= 0.3 is 0 Å². The maximum atomic E-state index is 3.74. The van der Waals surface area contributed by atoms with Crippen LogP contribution in [0.2, 0.25) is 0 Å². The SMILES string of the molecule is CCNC(c1cc2c(s1)CCCCC2)C1CCC1. The first kappa shape index (κ1) is 12.7. The summed E-state index contributed by atoms with van der Waals surface area (Å²) in [5.74, 6) is 0.909. The topological polar surface area (TPSA) is 12.0 Å². The third-order valence-corrected chi connectivity index (χ3v) is 5.94. The predicted octanol–water partition coefficient (Wildman–Crippen LogP) is 4.47. The molecule has 2 aliphatic carbocycles. The summed E-state index contributed by atoms with van der Waals surface area (Å²) in [6, 6.07) is 3.19. The summed E-state index contributed by atoms with van der Waals surface area (Å²) in [4.78, 5) is 3.33. The van der Waals surface area contributed by atoms with E-state index in [0.717, 1.165) is 12.5 Å². The van der Waals surface area contributed by atoms with Crippen molar-refractivity contribution < 1.29 is 0 Å². The number of thiophene rings is 1. The fourth-order valence-electron chi connectivity index (χ4n) is 3.34. The molecule has 1 aromatic heterocycles. The molecule has 1 heterocycles. The minimum Gasteiger partial charge on any atom is -0.309 e. The molecule has 1 aromatic rings. The van der Waals surface area contributed by atoms with Gasteiger partial charge in [0.05, 0.1) is 0 Å². The summed E-state index contributed by atoms with van der Waals surface area (Å²) in [6.45, 7) is 3.34. The first-order chi connectivity index (χ1) is 8.88. The molecule has 1 unspecified atom stereocenters. The zero-order valence-corrected chi connectivity index (χ0v) is 12.3. The van der Waals surface area contributed by atoms with Gasteiger partial charge in [-0.15, -0.1) is 11.3 Å². The molecule has 0 saturated heterocycles. The molecule has 0 bridgehead atoms. The van der Waals surface area contributed by atoms with E-state index in [2.05, 4.69) is 29.6 Å². The Morgan fingerprint density at radius 3 is 2.78 bits per heavy atom. The number of fused-ring (bicyclic) bond motifs is 1. The first-order valence-electron chi connectivity index (χ1n) is 7.73. The molecule has 0 aromatic carbocycles. The van der Waals surface area contributed by atoms with Crippen LogP contribution in [0.1, 0.15) is 66.8 Å². The van der Waals surface area contributed by atoms with Crippen molar-refractivity contribution in [3.8, 4) is 0 Å². The van der Waals surface area contributed by atoms with Crippen molar-refractivity contribution in [3.05, 3.63) is 21.4 Å². The summed E-state index contributed by atoms with van der Waals surface area (Å²) in [5, 5.41) is 3.74. The smallest absolute Gasteiger partial charge is 0.0443 e. The molecule has 1 nitrogen and oxygen atoms in total. The molecule has 0 radical (unpaired) electrons. The Labute approximate surface area is 115 Å². The minimum atomic E-state index is 0.653. The predicted molar refractivity (Wildman–Crippen MR) is 79.3 cm³/mol. The van der Waals surface area contributed by atoms with Gasteiger partial charge in [0.1, 0.15) is 0 Å². The number of hydrogen-bond acceptors (Lipinski definition) is 2. The lowest BCUT2D eigenvalue weighted by Gasteiger charge is -2.33. The Morgan fingerprint density at radius 2 is 2.06 bits per heavy atom. The van der Waals surface area contributed by atoms with Gasteiger partial charge in [-0.1, -0.05) is 19.8 Å². The molecule has 1 N–H and O–H groups in total. The van der Waals surface area contributed by atoms with Gasteiger partial charge in [0, 0.05) is 15.8 Å². The maximum Gasteiger partial charge on any atom is 0.0443 e. The number of rotatable bonds is 4. The zero-order valence-electron chi connectivity index (χ0n) is 11.5. The van der Waals surface area contributed by atoms with E-state index in [9.17, 15) is 0 Å². The average molecular weight is 263 g/mol. The molecule has 3 rings (SSSR count).